The minimum Gasteiger partial charge on any atom is -0.356 e. The number of hydrogen-bond donors (Lipinski definition) is 2. The van der Waals surface area contributed by atoms with E-state index in [9.17, 15) is 9.59 Å². The zero-order valence-corrected chi connectivity index (χ0v) is 8.09. The highest BCUT2D eigenvalue weighted by atomic mass is 16.2. The molecule has 0 aromatic rings. The van der Waals surface area contributed by atoms with Gasteiger partial charge in [0.15, 0.2) is 0 Å². The fourth-order valence-corrected chi connectivity index (χ4v) is 0.795. The number of hydrogen-bond acceptors (Lipinski definition) is 2. The van der Waals surface area contributed by atoms with Crippen LogP contribution < -0.4 is 10.6 Å². The molecule has 4 nitrogen and oxygen atoms in total. The van der Waals surface area contributed by atoms with E-state index in [1.54, 1.807) is 13.0 Å². The summed E-state index contributed by atoms with van der Waals surface area (Å²) in [5.41, 5.74) is 0. The summed E-state index contributed by atoms with van der Waals surface area (Å²) < 4.78 is 0. The topological polar surface area (TPSA) is 58.2 Å². The van der Waals surface area contributed by atoms with Crippen molar-refractivity contribution in [1.29, 1.82) is 0 Å². The number of rotatable bonds is 5. The Hall–Kier alpha value is -1.32. The Balaban J connectivity index is 3.44. The summed E-state index contributed by atoms with van der Waals surface area (Å²) in [6.07, 6.45) is 3.41. The number of amides is 2. The maximum atomic E-state index is 10.9. The van der Waals surface area contributed by atoms with Gasteiger partial charge in [0.1, 0.15) is 0 Å². The normalized spacial score (nSPS) is 10.0. The second kappa shape index (κ2) is 7.34. The highest BCUT2D eigenvalue weighted by Crippen LogP contribution is 1.78. The van der Waals surface area contributed by atoms with Gasteiger partial charge in [0, 0.05) is 19.5 Å². The highest BCUT2D eigenvalue weighted by molar-refractivity contribution is 5.87. The van der Waals surface area contributed by atoms with E-state index in [-0.39, 0.29) is 11.8 Å². The third kappa shape index (κ3) is 7.05. The lowest BCUT2D eigenvalue weighted by Crippen LogP contribution is -2.29. The molecule has 0 aliphatic carbocycles. The van der Waals surface area contributed by atoms with Crippen LogP contribution in [0.5, 0.6) is 0 Å². The largest absolute Gasteiger partial charge is 0.356 e. The molecule has 2 amide bonds. The predicted molar refractivity (Wildman–Crippen MR) is 51.1 cm³/mol. The van der Waals surface area contributed by atoms with E-state index in [1.165, 1.54) is 6.08 Å². The Morgan fingerprint density at radius 3 is 2.54 bits per heavy atom. The van der Waals surface area contributed by atoms with Crippen molar-refractivity contribution in [3.05, 3.63) is 12.2 Å². The van der Waals surface area contributed by atoms with Crippen molar-refractivity contribution >= 4 is 11.8 Å². The van der Waals surface area contributed by atoms with E-state index >= 15 is 0 Å². The molecule has 0 fully saturated rings. The maximum absolute atomic E-state index is 10.9. The predicted octanol–water partition coefficient (Wildman–Crippen LogP) is 0.205. The highest BCUT2D eigenvalue weighted by Gasteiger charge is 1.99. The van der Waals surface area contributed by atoms with Crippen LogP contribution in [0.1, 0.15) is 20.3 Å². The molecule has 0 radical (unpaired) electrons. The molecule has 2 N–H and O–H groups in total. The van der Waals surface area contributed by atoms with E-state index in [0.29, 0.717) is 19.5 Å². The fraction of sp³-hybridized carbons (Fsp3) is 0.556. The summed E-state index contributed by atoms with van der Waals surface area (Å²) in [6.45, 7) is 4.64. The Bertz CT molecular complexity index is 200. The van der Waals surface area contributed by atoms with Gasteiger partial charge in [0.2, 0.25) is 11.8 Å². The van der Waals surface area contributed by atoms with Crippen molar-refractivity contribution in [1.82, 2.24) is 10.6 Å². The smallest absolute Gasteiger partial charge is 0.243 e. The summed E-state index contributed by atoms with van der Waals surface area (Å²) in [4.78, 5) is 21.8. The molecule has 0 bridgehead atoms. The molecule has 0 saturated heterocycles. The molecule has 0 atom stereocenters. The molecule has 13 heavy (non-hydrogen) atoms. The maximum Gasteiger partial charge on any atom is 0.243 e. The number of allylic oxidation sites excluding steroid dienone is 1. The fourth-order valence-electron chi connectivity index (χ4n) is 0.795. The third-order valence-electron chi connectivity index (χ3n) is 1.34. The van der Waals surface area contributed by atoms with Gasteiger partial charge in [-0.05, 0) is 19.9 Å². The zero-order valence-electron chi connectivity index (χ0n) is 8.09. The van der Waals surface area contributed by atoms with Gasteiger partial charge in [-0.3, -0.25) is 9.59 Å². The molecule has 74 valence electrons. The second-order valence-corrected chi connectivity index (χ2v) is 2.49. The number of nitrogens with one attached hydrogen (secondary N) is 2. The molecule has 0 saturated carbocycles. The van der Waals surface area contributed by atoms with Gasteiger partial charge < -0.3 is 10.6 Å². The van der Waals surface area contributed by atoms with Gasteiger partial charge in [0.05, 0.1) is 0 Å². The molecular weight excluding hydrogens is 168 g/mol. The van der Waals surface area contributed by atoms with Crippen molar-refractivity contribution in [3.8, 4) is 0 Å². The van der Waals surface area contributed by atoms with Crippen molar-refractivity contribution in [2.45, 2.75) is 20.3 Å². The Kier molecular flexibility index (Phi) is 6.59. The molecule has 0 aliphatic rings. The van der Waals surface area contributed by atoms with Gasteiger partial charge in [-0.15, -0.1) is 0 Å². The van der Waals surface area contributed by atoms with Crippen LogP contribution in [-0.4, -0.2) is 24.9 Å². The van der Waals surface area contributed by atoms with Crippen molar-refractivity contribution < 1.29 is 9.59 Å². The van der Waals surface area contributed by atoms with Crippen LogP contribution in [0.3, 0.4) is 0 Å². The third-order valence-corrected chi connectivity index (χ3v) is 1.34. The van der Waals surface area contributed by atoms with Crippen LogP contribution in [-0.2, 0) is 9.59 Å². The van der Waals surface area contributed by atoms with Crippen LogP contribution in [0.25, 0.3) is 0 Å². The van der Waals surface area contributed by atoms with Gasteiger partial charge in [0.25, 0.3) is 0 Å². The van der Waals surface area contributed by atoms with Crippen molar-refractivity contribution in [2.75, 3.05) is 13.1 Å². The van der Waals surface area contributed by atoms with Crippen molar-refractivity contribution in [3.63, 3.8) is 0 Å². The number of carbonyl (C=O) groups is 2. The van der Waals surface area contributed by atoms with E-state index < -0.39 is 0 Å². The summed E-state index contributed by atoms with van der Waals surface area (Å²) in [5.74, 6) is -0.199. The van der Waals surface area contributed by atoms with Gasteiger partial charge in [-0.1, -0.05) is 6.08 Å². The molecule has 0 spiro atoms. The first-order valence-corrected chi connectivity index (χ1v) is 4.38. The van der Waals surface area contributed by atoms with E-state index in [2.05, 4.69) is 10.6 Å². The van der Waals surface area contributed by atoms with Gasteiger partial charge >= 0.3 is 0 Å². The zero-order chi connectivity index (χ0) is 10.1. The molecule has 0 aromatic carbocycles. The molecule has 0 unspecified atom stereocenters. The van der Waals surface area contributed by atoms with Crippen molar-refractivity contribution in [2.24, 2.45) is 0 Å². The molecule has 4 heteroatoms. The Morgan fingerprint density at radius 1 is 1.31 bits per heavy atom. The Labute approximate surface area is 78.4 Å². The van der Waals surface area contributed by atoms with E-state index in [1.807, 2.05) is 6.92 Å². The number of carbonyl (C=O) groups excluding carboxylic acids is 2. The van der Waals surface area contributed by atoms with E-state index in [0.717, 1.165) is 0 Å². The minimum atomic E-state index is -0.160. The Morgan fingerprint density at radius 2 is 2.00 bits per heavy atom. The van der Waals surface area contributed by atoms with E-state index in [4.69, 9.17) is 0 Å². The first-order valence-electron chi connectivity index (χ1n) is 4.38. The molecule has 0 rings (SSSR count). The summed E-state index contributed by atoms with van der Waals surface area (Å²) in [5, 5.41) is 5.23. The van der Waals surface area contributed by atoms with Crippen LogP contribution in [0.4, 0.5) is 0 Å². The lowest BCUT2D eigenvalue weighted by atomic mass is 10.4. The first kappa shape index (κ1) is 11.7. The average molecular weight is 184 g/mol. The van der Waals surface area contributed by atoms with Crippen LogP contribution >= 0.6 is 0 Å². The van der Waals surface area contributed by atoms with Crippen LogP contribution in [0.15, 0.2) is 12.2 Å². The summed E-state index contributed by atoms with van der Waals surface area (Å²) >= 11 is 0. The SMILES string of the molecule is C/C=C/C(=O)NCCC(=O)NCC. The quantitative estimate of drug-likeness (QED) is 0.600. The molecule has 0 heterocycles. The monoisotopic (exact) mass is 184 g/mol. The van der Waals surface area contributed by atoms with Crippen LogP contribution in [0.2, 0.25) is 0 Å². The van der Waals surface area contributed by atoms with Crippen LogP contribution in [0, 0.1) is 0 Å². The molecular formula is C9H16N2O2. The molecule has 0 aromatic heterocycles. The van der Waals surface area contributed by atoms with Gasteiger partial charge in [-0.2, -0.15) is 0 Å². The summed E-state index contributed by atoms with van der Waals surface area (Å²) in [7, 11) is 0. The average Bonchev–Trinajstić information content (AvgIpc) is 2.05. The lowest BCUT2D eigenvalue weighted by Gasteiger charge is -2.02. The van der Waals surface area contributed by atoms with Gasteiger partial charge in [-0.25, -0.2) is 0 Å². The second-order valence-electron chi connectivity index (χ2n) is 2.49. The standard InChI is InChI=1S/C9H16N2O2/c1-3-5-8(12)11-7-6-9(13)10-4-2/h3,5H,4,6-7H2,1-2H3,(H,10,13)(H,11,12)/b5-3+. The summed E-state index contributed by atoms with van der Waals surface area (Å²) in [6, 6.07) is 0. The first-order chi connectivity index (χ1) is 6.20. The molecule has 0 aliphatic heterocycles. The lowest BCUT2D eigenvalue weighted by molar-refractivity contribution is -0.121. The minimum absolute atomic E-state index is 0.0386.